The summed E-state index contributed by atoms with van der Waals surface area (Å²) in [4.78, 5) is 38.2. The highest BCUT2D eigenvalue weighted by Gasteiger charge is 2.29. The number of nitrogens with two attached hydrogens (primary N) is 1. The standard InChI is InChI=1S/C22H18ClN5O4S2/c23-15-6-1-2-7-16(15)25-22(33)27-9-8-14-17(11-27)34-21(18(14)19(24)29)26-20(30)12-4-3-5-13(10-12)28(31)32/h1-7,10H,8-9,11H2,(H2,24,29)(H,25,33)(H,26,30). The van der Waals surface area contributed by atoms with Crippen molar-refractivity contribution in [1.82, 2.24) is 4.90 Å². The molecule has 34 heavy (non-hydrogen) atoms. The number of carbonyl (C=O) groups is 2. The van der Waals surface area contributed by atoms with Crippen LogP contribution in [0.1, 0.15) is 31.2 Å². The van der Waals surface area contributed by atoms with Gasteiger partial charge >= 0.3 is 0 Å². The van der Waals surface area contributed by atoms with Gasteiger partial charge in [-0.15, -0.1) is 11.3 Å². The van der Waals surface area contributed by atoms with Crippen LogP contribution in [0, 0.1) is 10.1 Å². The van der Waals surface area contributed by atoms with Gasteiger partial charge in [-0.3, -0.25) is 19.7 Å². The van der Waals surface area contributed by atoms with Crippen molar-refractivity contribution < 1.29 is 14.5 Å². The summed E-state index contributed by atoms with van der Waals surface area (Å²) in [5, 5.41) is 18.2. The van der Waals surface area contributed by atoms with Crippen LogP contribution < -0.4 is 16.4 Å². The molecule has 0 aliphatic carbocycles. The fourth-order valence-corrected chi connectivity index (χ4v) is 5.33. The lowest BCUT2D eigenvalue weighted by Gasteiger charge is -2.29. The van der Waals surface area contributed by atoms with Gasteiger partial charge in [0.25, 0.3) is 17.5 Å². The zero-order chi connectivity index (χ0) is 24.4. The molecule has 0 atom stereocenters. The minimum atomic E-state index is -0.655. The molecule has 1 aliphatic heterocycles. The lowest BCUT2D eigenvalue weighted by Crippen LogP contribution is -2.38. The summed E-state index contributed by atoms with van der Waals surface area (Å²) in [6.45, 7) is 0.960. The summed E-state index contributed by atoms with van der Waals surface area (Å²) in [7, 11) is 0. The number of fused-ring (bicyclic) bond motifs is 1. The third-order valence-electron chi connectivity index (χ3n) is 5.25. The van der Waals surface area contributed by atoms with Crippen LogP contribution in [-0.2, 0) is 13.0 Å². The third-order valence-corrected chi connectivity index (χ3v) is 7.07. The number of primary amides is 1. The number of anilines is 2. The Morgan fingerprint density at radius 2 is 1.94 bits per heavy atom. The number of thiophene rings is 1. The molecule has 4 rings (SSSR count). The van der Waals surface area contributed by atoms with Crippen molar-refractivity contribution in [3.8, 4) is 0 Å². The quantitative estimate of drug-likeness (QED) is 0.260. The molecule has 0 unspecified atom stereocenters. The number of hydrogen-bond acceptors (Lipinski definition) is 6. The molecule has 174 valence electrons. The Kier molecular flexibility index (Phi) is 6.77. The second-order valence-electron chi connectivity index (χ2n) is 7.42. The topological polar surface area (TPSA) is 131 Å². The van der Waals surface area contributed by atoms with Crippen LogP contribution >= 0.6 is 35.2 Å². The van der Waals surface area contributed by atoms with E-state index in [0.29, 0.717) is 40.3 Å². The number of rotatable bonds is 5. The van der Waals surface area contributed by atoms with Crippen molar-refractivity contribution >= 4 is 68.5 Å². The zero-order valence-corrected chi connectivity index (χ0v) is 19.9. The van der Waals surface area contributed by atoms with Crippen molar-refractivity contribution in [3.05, 3.63) is 85.2 Å². The first-order valence-corrected chi connectivity index (χ1v) is 11.7. The van der Waals surface area contributed by atoms with Crippen molar-refractivity contribution in [2.45, 2.75) is 13.0 Å². The van der Waals surface area contributed by atoms with Gasteiger partial charge in [-0.05, 0) is 42.4 Å². The Balaban J connectivity index is 1.55. The lowest BCUT2D eigenvalue weighted by molar-refractivity contribution is -0.384. The summed E-state index contributed by atoms with van der Waals surface area (Å²) >= 11 is 13.0. The SMILES string of the molecule is NC(=O)c1c(NC(=O)c2cccc([N+](=O)[O-])c2)sc2c1CCN(C(=S)Nc1ccccc1Cl)C2. The number of amides is 2. The van der Waals surface area contributed by atoms with Gasteiger partial charge in [0.1, 0.15) is 5.00 Å². The van der Waals surface area contributed by atoms with Crippen LogP contribution in [0.4, 0.5) is 16.4 Å². The Morgan fingerprint density at radius 3 is 2.65 bits per heavy atom. The van der Waals surface area contributed by atoms with E-state index in [2.05, 4.69) is 10.6 Å². The molecular formula is C22H18ClN5O4S2. The molecule has 0 bridgehead atoms. The van der Waals surface area contributed by atoms with Crippen molar-refractivity contribution in [3.63, 3.8) is 0 Å². The number of thiocarbonyl (C=S) groups is 1. The maximum atomic E-state index is 12.8. The van der Waals surface area contributed by atoms with Gasteiger partial charge in [0, 0.05) is 29.1 Å². The molecular weight excluding hydrogens is 498 g/mol. The number of benzene rings is 2. The summed E-state index contributed by atoms with van der Waals surface area (Å²) in [5.41, 5.74) is 7.24. The fourth-order valence-electron chi connectivity index (χ4n) is 3.62. The number of nitro groups is 1. The highest BCUT2D eigenvalue weighted by atomic mass is 35.5. The molecule has 0 radical (unpaired) electrons. The molecule has 1 aromatic heterocycles. The van der Waals surface area contributed by atoms with Crippen LogP contribution in [0.25, 0.3) is 0 Å². The average molecular weight is 516 g/mol. The first kappa shape index (κ1) is 23.6. The van der Waals surface area contributed by atoms with E-state index >= 15 is 0 Å². The van der Waals surface area contributed by atoms with Gasteiger partial charge in [-0.2, -0.15) is 0 Å². The largest absolute Gasteiger partial charge is 0.365 e. The number of halogens is 1. The minimum Gasteiger partial charge on any atom is -0.365 e. The minimum absolute atomic E-state index is 0.0998. The Morgan fingerprint density at radius 1 is 1.18 bits per heavy atom. The molecule has 2 heterocycles. The second-order valence-corrected chi connectivity index (χ2v) is 9.31. The van der Waals surface area contributed by atoms with E-state index in [0.717, 1.165) is 10.4 Å². The predicted molar refractivity (Wildman–Crippen MR) is 136 cm³/mol. The second kappa shape index (κ2) is 9.75. The normalized spacial score (nSPS) is 12.6. The van der Waals surface area contributed by atoms with Gasteiger partial charge < -0.3 is 21.3 Å². The molecule has 12 heteroatoms. The maximum absolute atomic E-state index is 12.8. The number of hydrogen-bond donors (Lipinski definition) is 3. The van der Waals surface area contributed by atoms with Crippen LogP contribution in [0.3, 0.4) is 0 Å². The number of para-hydroxylation sites is 1. The lowest BCUT2D eigenvalue weighted by atomic mass is 10.0. The summed E-state index contributed by atoms with van der Waals surface area (Å²) in [6, 6.07) is 12.6. The van der Waals surface area contributed by atoms with E-state index in [1.807, 2.05) is 23.1 Å². The highest BCUT2D eigenvalue weighted by molar-refractivity contribution is 7.80. The van der Waals surface area contributed by atoms with Crippen LogP contribution in [0.15, 0.2) is 48.5 Å². The summed E-state index contributed by atoms with van der Waals surface area (Å²) < 4.78 is 0. The van der Waals surface area contributed by atoms with Crippen LogP contribution in [0.2, 0.25) is 5.02 Å². The monoisotopic (exact) mass is 515 g/mol. The predicted octanol–water partition coefficient (Wildman–Crippen LogP) is 4.42. The number of non-ortho nitro benzene ring substituents is 1. The Labute approximate surface area is 208 Å². The zero-order valence-electron chi connectivity index (χ0n) is 17.5. The molecule has 2 aromatic carbocycles. The van der Waals surface area contributed by atoms with Crippen LogP contribution in [0.5, 0.6) is 0 Å². The molecule has 0 fully saturated rings. The van der Waals surface area contributed by atoms with E-state index in [4.69, 9.17) is 29.6 Å². The Hall–Kier alpha value is -3.54. The molecule has 2 amide bonds. The van der Waals surface area contributed by atoms with E-state index < -0.39 is 16.7 Å². The van der Waals surface area contributed by atoms with Gasteiger partial charge in [0.15, 0.2) is 5.11 Å². The van der Waals surface area contributed by atoms with Gasteiger partial charge in [0.2, 0.25) is 0 Å². The number of nitrogens with one attached hydrogen (secondary N) is 2. The molecule has 0 spiro atoms. The number of nitro benzene ring substituents is 1. The first-order chi connectivity index (χ1) is 16.2. The molecule has 1 aliphatic rings. The smallest absolute Gasteiger partial charge is 0.270 e. The summed E-state index contributed by atoms with van der Waals surface area (Å²) in [5.74, 6) is -1.23. The number of nitrogens with zero attached hydrogens (tertiary/aromatic N) is 2. The van der Waals surface area contributed by atoms with E-state index in [1.54, 1.807) is 6.07 Å². The van der Waals surface area contributed by atoms with Gasteiger partial charge in [-0.25, -0.2) is 0 Å². The van der Waals surface area contributed by atoms with Crippen molar-refractivity contribution in [2.24, 2.45) is 5.73 Å². The molecule has 4 N–H and O–H groups in total. The van der Waals surface area contributed by atoms with Crippen LogP contribution in [-0.4, -0.2) is 33.3 Å². The van der Waals surface area contributed by atoms with E-state index in [9.17, 15) is 19.7 Å². The molecule has 3 aromatic rings. The Bertz CT molecular complexity index is 1330. The van der Waals surface area contributed by atoms with E-state index in [-0.39, 0.29) is 16.8 Å². The van der Waals surface area contributed by atoms with Gasteiger partial charge in [-0.1, -0.05) is 29.8 Å². The van der Waals surface area contributed by atoms with Gasteiger partial charge in [0.05, 0.1) is 27.7 Å². The highest BCUT2D eigenvalue weighted by Crippen LogP contribution is 2.37. The fraction of sp³-hybridized carbons (Fsp3) is 0.136. The van der Waals surface area contributed by atoms with Crippen molar-refractivity contribution in [2.75, 3.05) is 17.2 Å². The molecule has 9 nitrogen and oxygen atoms in total. The number of carbonyl (C=O) groups excluding carboxylic acids is 2. The molecule has 0 saturated carbocycles. The maximum Gasteiger partial charge on any atom is 0.270 e. The summed E-state index contributed by atoms with van der Waals surface area (Å²) in [6.07, 6.45) is 0.501. The average Bonchev–Trinajstić information content (AvgIpc) is 3.17. The van der Waals surface area contributed by atoms with E-state index in [1.165, 1.54) is 35.6 Å². The third kappa shape index (κ3) is 4.86. The van der Waals surface area contributed by atoms with Crippen molar-refractivity contribution in [1.29, 1.82) is 0 Å². The first-order valence-electron chi connectivity index (χ1n) is 10.0. The molecule has 0 saturated heterocycles.